The normalized spacial score (nSPS) is 14.4. The molecule has 0 fully saturated rings. The van der Waals surface area contributed by atoms with E-state index >= 15 is 0 Å². The van der Waals surface area contributed by atoms with Crippen molar-refractivity contribution in [2.45, 2.75) is 38.6 Å². The number of nitrogens with one attached hydrogen (secondary N) is 1. The van der Waals surface area contributed by atoms with Gasteiger partial charge in [0.2, 0.25) is 0 Å². The summed E-state index contributed by atoms with van der Waals surface area (Å²) >= 11 is 6.26. The van der Waals surface area contributed by atoms with E-state index < -0.39 is 29.7 Å². The van der Waals surface area contributed by atoms with Crippen molar-refractivity contribution in [2.24, 2.45) is 0 Å². The first-order chi connectivity index (χ1) is 10.0. The van der Waals surface area contributed by atoms with E-state index in [1.807, 2.05) is 0 Å². The molecule has 1 aromatic rings. The quantitative estimate of drug-likeness (QED) is 0.668. The fraction of sp³-hybridized carbons (Fsp3) is 0.500. The van der Waals surface area contributed by atoms with Crippen LogP contribution in [0.15, 0.2) is 21.1 Å². The van der Waals surface area contributed by atoms with Gasteiger partial charge in [0.1, 0.15) is 23.6 Å². The average molecular weight is 443 g/mol. The highest BCUT2D eigenvalue weighted by molar-refractivity contribution is 9.11. The molecule has 1 amide bonds. The number of hydrogen-bond acceptors (Lipinski definition) is 4. The van der Waals surface area contributed by atoms with Crippen LogP contribution in [-0.2, 0) is 4.74 Å². The van der Waals surface area contributed by atoms with Crippen LogP contribution in [0.3, 0.4) is 0 Å². The first kappa shape index (κ1) is 19.3. The number of aliphatic hydroxyl groups is 2. The predicted octanol–water partition coefficient (Wildman–Crippen LogP) is 3.27. The summed E-state index contributed by atoms with van der Waals surface area (Å²) in [6.45, 7) is 4.82. The van der Waals surface area contributed by atoms with Crippen LogP contribution in [0.2, 0.25) is 0 Å². The van der Waals surface area contributed by atoms with Crippen LogP contribution in [0, 0.1) is 5.82 Å². The fourth-order valence-corrected chi connectivity index (χ4v) is 3.05. The lowest BCUT2D eigenvalue weighted by molar-refractivity contribution is 0.0109. The van der Waals surface area contributed by atoms with Gasteiger partial charge in [0.05, 0.1) is 0 Å². The van der Waals surface area contributed by atoms with Gasteiger partial charge < -0.3 is 20.3 Å². The smallest absolute Gasteiger partial charge is 0.407 e. The van der Waals surface area contributed by atoms with Crippen LogP contribution in [0.5, 0.6) is 0 Å². The van der Waals surface area contributed by atoms with Crippen LogP contribution in [0.1, 0.15) is 32.4 Å². The van der Waals surface area contributed by atoms with E-state index in [2.05, 4.69) is 37.2 Å². The number of aliphatic hydroxyl groups excluding tert-OH is 2. The Balaban J connectivity index is 2.70. The van der Waals surface area contributed by atoms with E-state index in [0.29, 0.717) is 8.95 Å². The van der Waals surface area contributed by atoms with Gasteiger partial charge >= 0.3 is 6.09 Å². The second kappa shape index (κ2) is 7.72. The molecule has 3 N–H and O–H groups in total. The van der Waals surface area contributed by atoms with Crippen molar-refractivity contribution in [3.8, 4) is 0 Å². The number of benzene rings is 1. The third-order valence-electron chi connectivity index (χ3n) is 2.56. The molecule has 0 saturated heterocycles. The average Bonchev–Trinajstić information content (AvgIpc) is 2.32. The maximum absolute atomic E-state index is 13.9. The molecule has 0 aromatic heterocycles. The summed E-state index contributed by atoms with van der Waals surface area (Å²) in [6, 6.07) is 2.73. The van der Waals surface area contributed by atoms with Crippen LogP contribution in [0.25, 0.3) is 0 Å². The summed E-state index contributed by atoms with van der Waals surface area (Å²) in [5, 5.41) is 22.3. The standard InChI is InChI=1S/C14H18Br2FNO4/c1-14(2,3)22-13(21)18-6-10(19)12(20)11-8(16)4-7(15)5-9(11)17/h4-5,10,12,19-20H,6H2,1-3H3,(H,18,21). The zero-order chi connectivity index (χ0) is 17.1. The first-order valence-corrected chi connectivity index (χ1v) is 8.07. The van der Waals surface area contributed by atoms with Gasteiger partial charge in [0, 0.05) is 21.1 Å². The largest absolute Gasteiger partial charge is 0.444 e. The Kier molecular flexibility index (Phi) is 6.79. The molecule has 0 aliphatic carbocycles. The third kappa shape index (κ3) is 5.83. The number of carbonyl (C=O) groups is 1. The molecule has 5 nitrogen and oxygen atoms in total. The molecule has 0 heterocycles. The molecule has 2 atom stereocenters. The number of halogens is 3. The topological polar surface area (TPSA) is 78.8 Å². The Hall–Kier alpha value is -0.700. The zero-order valence-electron chi connectivity index (χ0n) is 12.4. The van der Waals surface area contributed by atoms with Crippen molar-refractivity contribution in [3.63, 3.8) is 0 Å². The van der Waals surface area contributed by atoms with Gasteiger partial charge in [-0.05, 0) is 32.9 Å². The minimum Gasteiger partial charge on any atom is -0.444 e. The molecule has 0 saturated carbocycles. The van der Waals surface area contributed by atoms with Gasteiger partial charge in [0.15, 0.2) is 0 Å². The minimum atomic E-state index is -1.50. The van der Waals surface area contributed by atoms with Gasteiger partial charge in [-0.1, -0.05) is 31.9 Å². The van der Waals surface area contributed by atoms with Crippen LogP contribution < -0.4 is 5.32 Å². The predicted molar refractivity (Wildman–Crippen MR) is 87.0 cm³/mol. The maximum atomic E-state index is 13.9. The van der Waals surface area contributed by atoms with Crippen LogP contribution in [-0.4, -0.2) is 34.6 Å². The number of hydrogen-bond donors (Lipinski definition) is 3. The highest BCUT2D eigenvalue weighted by atomic mass is 79.9. The van der Waals surface area contributed by atoms with E-state index in [4.69, 9.17) is 4.74 Å². The Morgan fingerprint density at radius 2 is 1.95 bits per heavy atom. The van der Waals surface area contributed by atoms with Gasteiger partial charge in [-0.15, -0.1) is 0 Å². The number of ether oxygens (including phenoxy) is 1. The van der Waals surface area contributed by atoms with Gasteiger partial charge in [-0.3, -0.25) is 0 Å². The van der Waals surface area contributed by atoms with Crippen molar-refractivity contribution < 1.29 is 24.1 Å². The Bertz CT molecular complexity index is 525. The van der Waals surface area contributed by atoms with E-state index in [9.17, 15) is 19.4 Å². The maximum Gasteiger partial charge on any atom is 0.407 e. The highest BCUT2D eigenvalue weighted by Crippen LogP contribution is 2.31. The Morgan fingerprint density at radius 1 is 1.36 bits per heavy atom. The van der Waals surface area contributed by atoms with Gasteiger partial charge in [0.25, 0.3) is 0 Å². The van der Waals surface area contributed by atoms with E-state index in [0.717, 1.165) is 0 Å². The van der Waals surface area contributed by atoms with Crippen molar-refractivity contribution >= 4 is 38.0 Å². The molecule has 0 bridgehead atoms. The lowest BCUT2D eigenvalue weighted by Crippen LogP contribution is -2.39. The Labute approximate surface area is 145 Å². The fourth-order valence-electron chi connectivity index (χ4n) is 1.64. The molecule has 0 radical (unpaired) electrons. The summed E-state index contributed by atoms with van der Waals surface area (Å²) in [6.07, 6.45) is -3.62. The van der Waals surface area contributed by atoms with E-state index in [1.165, 1.54) is 6.07 Å². The van der Waals surface area contributed by atoms with Gasteiger partial charge in [-0.2, -0.15) is 0 Å². The van der Waals surface area contributed by atoms with Crippen molar-refractivity contribution in [3.05, 3.63) is 32.5 Å². The number of carbonyl (C=O) groups excluding carboxylic acids is 1. The zero-order valence-corrected chi connectivity index (χ0v) is 15.5. The molecule has 1 rings (SSSR count). The molecule has 0 aliphatic rings. The summed E-state index contributed by atoms with van der Waals surface area (Å²) < 4.78 is 19.7. The SMILES string of the molecule is CC(C)(C)OC(=O)NCC(O)C(O)c1c(F)cc(Br)cc1Br. The lowest BCUT2D eigenvalue weighted by Gasteiger charge is -2.23. The number of rotatable bonds is 4. The minimum absolute atomic E-state index is 0.0818. The molecule has 2 unspecified atom stereocenters. The van der Waals surface area contributed by atoms with Crippen LogP contribution >= 0.6 is 31.9 Å². The monoisotopic (exact) mass is 441 g/mol. The number of alkyl carbamates (subject to hydrolysis) is 1. The Morgan fingerprint density at radius 3 is 2.45 bits per heavy atom. The van der Waals surface area contributed by atoms with E-state index in [1.54, 1.807) is 26.8 Å². The summed E-state index contributed by atoms with van der Waals surface area (Å²) in [4.78, 5) is 11.5. The molecule has 124 valence electrons. The molecule has 22 heavy (non-hydrogen) atoms. The second-order valence-corrected chi connectivity index (χ2v) is 7.45. The summed E-state index contributed by atoms with van der Waals surface area (Å²) in [5.74, 6) is -0.676. The van der Waals surface area contributed by atoms with Crippen molar-refractivity contribution in [1.82, 2.24) is 5.32 Å². The number of amides is 1. The summed E-state index contributed by atoms with van der Waals surface area (Å²) in [7, 11) is 0. The molecule has 1 aromatic carbocycles. The van der Waals surface area contributed by atoms with Crippen LogP contribution in [0.4, 0.5) is 9.18 Å². The van der Waals surface area contributed by atoms with Gasteiger partial charge in [-0.25, -0.2) is 9.18 Å². The molecule has 0 aliphatic heterocycles. The molecular formula is C14H18Br2FNO4. The van der Waals surface area contributed by atoms with Crippen molar-refractivity contribution in [1.29, 1.82) is 0 Å². The lowest BCUT2D eigenvalue weighted by atomic mass is 10.0. The van der Waals surface area contributed by atoms with Crippen molar-refractivity contribution in [2.75, 3.05) is 6.54 Å². The first-order valence-electron chi connectivity index (χ1n) is 6.48. The van der Waals surface area contributed by atoms with E-state index in [-0.39, 0.29) is 12.1 Å². The molecule has 8 heteroatoms. The molecular weight excluding hydrogens is 425 g/mol. The third-order valence-corrected chi connectivity index (χ3v) is 3.67. The summed E-state index contributed by atoms with van der Waals surface area (Å²) in [5.41, 5.74) is -0.754. The second-order valence-electron chi connectivity index (χ2n) is 5.68. The molecule has 0 spiro atoms. The highest BCUT2D eigenvalue weighted by Gasteiger charge is 2.25.